The van der Waals surface area contributed by atoms with Gasteiger partial charge in [-0.05, 0) is 53.3 Å². The highest BCUT2D eigenvalue weighted by Crippen LogP contribution is 2.10. The van der Waals surface area contributed by atoms with E-state index in [0.717, 1.165) is 15.7 Å². The van der Waals surface area contributed by atoms with E-state index in [2.05, 4.69) is 38.5 Å². The first-order valence-corrected chi connectivity index (χ1v) is 6.77. The van der Waals surface area contributed by atoms with Gasteiger partial charge in [-0.15, -0.1) is 0 Å². The van der Waals surface area contributed by atoms with E-state index < -0.39 is 6.03 Å². The average molecular weight is 361 g/mol. The molecular weight excluding hydrogens is 345 g/mol. The van der Waals surface area contributed by atoms with E-state index in [1.54, 1.807) is 0 Å². The van der Waals surface area contributed by atoms with Gasteiger partial charge in [0.25, 0.3) is 0 Å². The predicted octanol–water partition coefficient (Wildman–Crippen LogP) is 1.94. The molecule has 0 bridgehead atoms. The van der Waals surface area contributed by atoms with Gasteiger partial charge in [0.1, 0.15) is 0 Å². The van der Waals surface area contributed by atoms with Crippen molar-refractivity contribution in [2.45, 2.75) is 13.3 Å². The van der Waals surface area contributed by atoms with Crippen molar-refractivity contribution in [3.63, 3.8) is 0 Å². The van der Waals surface area contributed by atoms with E-state index in [-0.39, 0.29) is 12.5 Å². The number of carbonyl (C=O) groups is 2. The van der Waals surface area contributed by atoms with Crippen LogP contribution in [0, 0.1) is 3.57 Å². The van der Waals surface area contributed by atoms with Gasteiger partial charge in [0.15, 0.2) is 0 Å². The molecule has 0 aliphatic heterocycles. The maximum atomic E-state index is 11.4. The average Bonchev–Trinajstić information content (AvgIpc) is 2.35. The monoisotopic (exact) mass is 361 g/mol. The zero-order chi connectivity index (χ0) is 13.4. The summed E-state index contributed by atoms with van der Waals surface area (Å²) in [7, 11) is 0. The van der Waals surface area contributed by atoms with Crippen LogP contribution in [0.4, 0.5) is 10.5 Å². The van der Waals surface area contributed by atoms with Crippen LogP contribution in [0.2, 0.25) is 0 Å². The number of nitrogens with one attached hydrogen (secondary N) is 3. The first-order chi connectivity index (χ1) is 8.61. The minimum Gasteiger partial charge on any atom is -0.376 e. The molecule has 3 amide bonds. The van der Waals surface area contributed by atoms with Crippen molar-refractivity contribution in [1.82, 2.24) is 10.6 Å². The zero-order valence-corrected chi connectivity index (χ0v) is 12.3. The topological polar surface area (TPSA) is 70.2 Å². The molecule has 98 valence electrons. The van der Waals surface area contributed by atoms with Crippen molar-refractivity contribution in [2.24, 2.45) is 0 Å². The Morgan fingerprint density at radius 2 is 1.89 bits per heavy atom. The lowest BCUT2D eigenvalue weighted by molar-refractivity contribution is -0.118. The summed E-state index contributed by atoms with van der Waals surface area (Å²) in [6.07, 6.45) is 0.836. The number of urea groups is 1. The number of benzene rings is 1. The van der Waals surface area contributed by atoms with E-state index in [9.17, 15) is 9.59 Å². The van der Waals surface area contributed by atoms with Crippen molar-refractivity contribution in [3.05, 3.63) is 27.8 Å². The molecule has 0 saturated carbocycles. The Kier molecular flexibility index (Phi) is 6.48. The molecule has 0 aliphatic rings. The van der Waals surface area contributed by atoms with Gasteiger partial charge in [-0.1, -0.05) is 6.92 Å². The van der Waals surface area contributed by atoms with Crippen LogP contribution in [0.5, 0.6) is 0 Å². The molecule has 0 saturated heterocycles. The van der Waals surface area contributed by atoms with E-state index in [1.165, 1.54) is 0 Å². The Morgan fingerprint density at radius 1 is 1.22 bits per heavy atom. The fraction of sp³-hybridized carbons (Fsp3) is 0.333. The zero-order valence-electron chi connectivity index (χ0n) is 10.1. The fourth-order valence-electron chi connectivity index (χ4n) is 1.20. The van der Waals surface area contributed by atoms with Gasteiger partial charge in [-0.3, -0.25) is 10.1 Å². The third-order valence-electron chi connectivity index (χ3n) is 2.09. The van der Waals surface area contributed by atoms with Crippen LogP contribution in [-0.4, -0.2) is 25.0 Å². The van der Waals surface area contributed by atoms with Crippen LogP contribution in [0.25, 0.3) is 0 Å². The van der Waals surface area contributed by atoms with Crippen LogP contribution in [0.15, 0.2) is 24.3 Å². The summed E-state index contributed by atoms with van der Waals surface area (Å²) in [4.78, 5) is 22.6. The molecule has 0 aromatic heterocycles. The first kappa shape index (κ1) is 14.7. The highest BCUT2D eigenvalue weighted by atomic mass is 127. The summed E-state index contributed by atoms with van der Waals surface area (Å²) in [6, 6.07) is 7.19. The Balaban J connectivity index is 2.28. The summed E-state index contributed by atoms with van der Waals surface area (Å²) >= 11 is 2.21. The molecule has 18 heavy (non-hydrogen) atoms. The lowest BCUT2D eigenvalue weighted by atomic mass is 10.3. The van der Waals surface area contributed by atoms with Gasteiger partial charge in [-0.25, -0.2) is 4.79 Å². The molecular formula is C12H16IN3O2. The van der Waals surface area contributed by atoms with Crippen LogP contribution in [0.1, 0.15) is 13.3 Å². The molecule has 1 aromatic rings. The number of amides is 3. The lowest BCUT2D eigenvalue weighted by Crippen LogP contribution is -2.42. The maximum Gasteiger partial charge on any atom is 0.321 e. The van der Waals surface area contributed by atoms with Crippen molar-refractivity contribution >= 4 is 40.2 Å². The molecule has 5 nitrogen and oxygen atoms in total. The molecule has 3 N–H and O–H groups in total. The van der Waals surface area contributed by atoms with Crippen LogP contribution >= 0.6 is 22.6 Å². The Morgan fingerprint density at radius 3 is 2.50 bits per heavy atom. The quantitative estimate of drug-likeness (QED) is 0.702. The van der Waals surface area contributed by atoms with Gasteiger partial charge >= 0.3 is 6.03 Å². The second-order valence-corrected chi connectivity index (χ2v) is 4.91. The maximum absolute atomic E-state index is 11.4. The number of imide groups is 1. The molecule has 0 unspecified atom stereocenters. The van der Waals surface area contributed by atoms with Crippen LogP contribution < -0.4 is 16.0 Å². The number of carbonyl (C=O) groups excluding carboxylic acids is 2. The molecule has 6 heteroatoms. The number of rotatable bonds is 5. The summed E-state index contributed by atoms with van der Waals surface area (Å²) in [5.74, 6) is -0.359. The second-order valence-electron chi connectivity index (χ2n) is 3.66. The third-order valence-corrected chi connectivity index (χ3v) is 2.80. The van der Waals surface area contributed by atoms with E-state index in [1.807, 2.05) is 31.2 Å². The largest absolute Gasteiger partial charge is 0.376 e. The first-order valence-electron chi connectivity index (χ1n) is 5.69. The smallest absolute Gasteiger partial charge is 0.321 e. The number of hydrogen-bond donors (Lipinski definition) is 3. The second kappa shape index (κ2) is 7.91. The molecule has 1 aromatic carbocycles. The van der Waals surface area contributed by atoms with Gasteiger partial charge in [0, 0.05) is 15.8 Å². The third kappa shape index (κ3) is 5.85. The van der Waals surface area contributed by atoms with Crippen molar-refractivity contribution in [3.8, 4) is 0 Å². The number of halogens is 1. The van der Waals surface area contributed by atoms with Crippen molar-refractivity contribution < 1.29 is 9.59 Å². The molecule has 0 spiro atoms. The Hall–Kier alpha value is -1.31. The molecule has 0 fully saturated rings. The summed E-state index contributed by atoms with van der Waals surface area (Å²) in [5.41, 5.74) is 0.847. The lowest BCUT2D eigenvalue weighted by Gasteiger charge is -2.07. The van der Waals surface area contributed by atoms with Gasteiger partial charge in [0.2, 0.25) is 5.91 Å². The Labute approximate surface area is 120 Å². The fourth-order valence-corrected chi connectivity index (χ4v) is 1.56. The van der Waals surface area contributed by atoms with Crippen molar-refractivity contribution in [1.29, 1.82) is 0 Å². The molecule has 0 heterocycles. The molecule has 0 atom stereocenters. The van der Waals surface area contributed by atoms with Crippen molar-refractivity contribution in [2.75, 3.05) is 18.4 Å². The Bertz CT molecular complexity index is 406. The van der Waals surface area contributed by atoms with E-state index in [4.69, 9.17) is 0 Å². The van der Waals surface area contributed by atoms with E-state index >= 15 is 0 Å². The number of hydrogen-bond acceptors (Lipinski definition) is 3. The van der Waals surface area contributed by atoms with Crippen LogP contribution in [-0.2, 0) is 4.79 Å². The molecule has 1 rings (SSSR count). The van der Waals surface area contributed by atoms with Gasteiger partial charge in [0.05, 0.1) is 6.54 Å². The molecule has 0 aliphatic carbocycles. The standard InChI is InChI=1S/C12H16IN3O2/c1-2-7-14-12(18)16-11(17)8-15-10-5-3-9(13)4-6-10/h3-6,15H,2,7-8H2,1H3,(H2,14,16,17,18). The normalized spacial score (nSPS) is 9.67. The molecule has 0 radical (unpaired) electrons. The highest BCUT2D eigenvalue weighted by molar-refractivity contribution is 14.1. The van der Waals surface area contributed by atoms with Gasteiger partial charge < -0.3 is 10.6 Å². The number of anilines is 1. The summed E-state index contributed by atoms with van der Waals surface area (Å²) in [5, 5.41) is 7.75. The minimum atomic E-state index is -0.453. The summed E-state index contributed by atoms with van der Waals surface area (Å²) < 4.78 is 1.13. The summed E-state index contributed by atoms with van der Waals surface area (Å²) in [6.45, 7) is 2.57. The highest BCUT2D eigenvalue weighted by Gasteiger charge is 2.06. The SMILES string of the molecule is CCCNC(=O)NC(=O)CNc1ccc(I)cc1. The van der Waals surface area contributed by atoms with Crippen LogP contribution in [0.3, 0.4) is 0 Å². The van der Waals surface area contributed by atoms with E-state index in [0.29, 0.717) is 6.54 Å². The minimum absolute atomic E-state index is 0.0696. The van der Waals surface area contributed by atoms with Gasteiger partial charge in [-0.2, -0.15) is 0 Å². The predicted molar refractivity (Wildman–Crippen MR) is 79.5 cm³/mol.